The molecule has 8 heteroatoms. The fraction of sp³-hybridized carbons (Fsp3) is 0.160. The van der Waals surface area contributed by atoms with E-state index in [-0.39, 0.29) is 24.3 Å². The van der Waals surface area contributed by atoms with Crippen LogP contribution in [0.5, 0.6) is 11.5 Å². The first-order valence-corrected chi connectivity index (χ1v) is 10.2. The Labute approximate surface area is 191 Å². The van der Waals surface area contributed by atoms with E-state index in [4.69, 9.17) is 9.47 Å². The summed E-state index contributed by atoms with van der Waals surface area (Å²) in [4.78, 5) is 36.2. The van der Waals surface area contributed by atoms with E-state index >= 15 is 0 Å². The summed E-state index contributed by atoms with van der Waals surface area (Å²) in [6, 6.07) is 18.8. The van der Waals surface area contributed by atoms with Gasteiger partial charge in [-0.2, -0.15) is 0 Å². The first-order chi connectivity index (χ1) is 15.8. The average Bonchev–Trinajstić information content (AvgIpc) is 2.79. The summed E-state index contributed by atoms with van der Waals surface area (Å²) in [5.74, 6) is 0.190. The number of methoxy groups -OCH3 is 1. The minimum Gasteiger partial charge on any atom is -0.497 e. The number of anilines is 3. The maximum Gasteiger partial charge on any atom is 0.262 e. The zero-order chi connectivity index (χ0) is 23.8. The van der Waals surface area contributed by atoms with Gasteiger partial charge in [-0.05, 0) is 61.0 Å². The van der Waals surface area contributed by atoms with Crippen LogP contribution in [0, 0.1) is 6.92 Å². The number of hydrogen-bond acceptors (Lipinski definition) is 5. The van der Waals surface area contributed by atoms with Crippen molar-refractivity contribution in [3.05, 3.63) is 77.9 Å². The maximum absolute atomic E-state index is 12.7. The minimum atomic E-state index is -0.338. The molecular weight excluding hydrogens is 422 g/mol. The van der Waals surface area contributed by atoms with E-state index in [1.165, 1.54) is 6.92 Å². The number of hydrogen-bond donors (Lipinski definition) is 3. The molecule has 0 atom stereocenters. The monoisotopic (exact) mass is 447 g/mol. The lowest BCUT2D eigenvalue weighted by Crippen LogP contribution is -2.20. The molecule has 0 saturated carbocycles. The van der Waals surface area contributed by atoms with E-state index in [1.807, 2.05) is 13.0 Å². The first-order valence-electron chi connectivity index (χ1n) is 10.2. The number of aryl methyl sites for hydroxylation is 1. The molecule has 33 heavy (non-hydrogen) atoms. The molecule has 170 valence electrons. The van der Waals surface area contributed by atoms with E-state index in [2.05, 4.69) is 16.0 Å². The Morgan fingerprint density at radius 1 is 0.818 bits per heavy atom. The Morgan fingerprint density at radius 2 is 1.58 bits per heavy atom. The predicted octanol–water partition coefficient (Wildman–Crippen LogP) is 4.23. The standard InChI is InChI=1S/C25H25N3O5/c1-16-7-12-22(26-17(2)29)23(13-16)28-25(31)18-8-10-20(11-9-18)33-15-24(30)27-19-5-4-6-21(14-19)32-3/h4-14H,15H2,1-3H3,(H,26,29)(H,27,30)(H,28,31). The molecule has 3 N–H and O–H groups in total. The Morgan fingerprint density at radius 3 is 2.27 bits per heavy atom. The fourth-order valence-corrected chi connectivity index (χ4v) is 3.00. The third kappa shape index (κ3) is 6.83. The third-order valence-electron chi connectivity index (χ3n) is 4.57. The first kappa shape index (κ1) is 23.3. The van der Waals surface area contributed by atoms with Crippen molar-refractivity contribution < 1.29 is 23.9 Å². The lowest BCUT2D eigenvalue weighted by Gasteiger charge is -2.13. The number of rotatable bonds is 8. The molecule has 0 bridgehead atoms. The Kier molecular flexibility index (Phi) is 7.64. The van der Waals surface area contributed by atoms with Gasteiger partial charge in [-0.1, -0.05) is 12.1 Å². The number of amides is 3. The molecule has 8 nitrogen and oxygen atoms in total. The van der Waals surface area contributed by atoms with Crippen LogP contribution in [-0.4, -0.2) is 31.4 Å². The zero-order valence-corrected chi connectivity index (χ0v) is 18.6. The molecule has 0 aliphatic carbocycles. The van der Waals surface area contributed by atoms with E-state index in [1.54, 1.807) is 67.8 Å². The Hall–Kier alpha value is -4.33. The number of carbonyl (C=O) groups is 3. The van der Waals surface area contributed by atoms with Crippen LogP contribution in [0.3, 0.4) is 0 Å². The molecule has 3 rings (SSSR count). The normalized spacial score (nSPS) is 10.2. The predicted molar refractivity (Wildman–Crippen MR) is 127 cm³/mol. The summed E-state index contributed by atoms with van der Waals surface area (Å²) in [6.45, 7) is 3.11. The summed E-state index contributed by atoms with van der Waals surface area (Å²) >= 11 is 0. The Balaban J connectivity index is 1.57. The van der Waals surface area contributed by atoms with Crippen LogP contribution in [0.25, 0.3) is 0 Å². The molecule has 0 radical (unpaired) electrons. The van der Waals surface area contributed by atoms with Crippen LogP contribution < -0.4 is 25.4 Å². The van der Waals surface area contributed by atoms with Crippen molar-refractivity contribution in [3.63, 3.8) is 0 Å². The van der Waals surface area contributed by atoms with Crippen LogP contribution in [0.15, 0.2) is 66.7 Å². The van der Waals surface area contributed by atoms with Gasteiger partial charge in [-0.3, -0.25) is 14.4 Å². The molecule has 0 aliphatic rings. The second kappa shape index (κ2) is 10.8. The second-order valence-corrected chi connectivity index (χ2v) is 7.28. The van der Waals surface area contributed by atoms with Crippen LogP contribution in [0.1, 0.15) is 22.8 Å². The van der Waals surface area contributed by atoms with Gasteiger partial charge in [-0.15, -0.1) is 0 Å². The summed E-state index contributed by atoms with van der Waals surface area (Å²) in [5.41, 5.74) is 2.96. The van der Waals surface area contributed by atoms with Crippen molar-refractivity contribution >= 4 is 34.8 Å². The molecule has 0 aliphatic heterocycles. The molecule has 0 spiro atoms. The van der Waals surface area contributed by atoms with Gasteiger partial charge in [0.15, 0.2) is 6.61 Å². The highest BCUT2D eigenvalue weighted by Crippen LogP contribution is 2.24. The Bertz CT molecular complexity index is 1160. The van der Waals surface area contributed by atoms with E-state index < -0.39 is 0 Å². The summed E-state index contributed by atoms with van der Waals surface area (Å²) < 4.78 is 10.6. The number of nitrogens with one attached hydrogen (secondary N) is 3. The molecule has 0 saturated heterocycles. The van der Waals surface area contributed by atoms with Crippen LogP contribution in [0.2, 0.25) is 0 Å². The number of benzene rings is 3. The molecule has 0 fully saturated rings. The molecule has 0 heterocycles. The van der Waals surface area contributed by atoms with E-state index in [0.29, 0.717) is 34.1 Å². The van der Waals surface area contributed by atoms with Crippen molar-refractivity contribution in [1.29, 1.82) is 0 Å². The SMILES string of the molecule is COc1cccc(NC(=O)COc2ccc(C(=O)Nc3cc(C)ccc3NC(C)=O)cc2)c1. The van der Waals surface area contributed by atoms with Gasteiger partial charge in [0.25, 0.3) is 11.8 Å². The fourth-order valence-electron chi connectivity index (χ4n) is 3.00. The van der Waals surface area contributed by atoms with Gasteiger partial charge in [-0.25, -0.2) is 0 Å². The van der Waals surface area contributed by atoms with Crippen LogP contribution in [-0.2, 0) is 9.59 Å². The van der Waals surface area contributed by atoms with Crippen LogP contribution >= 0.6 is 0 Å². The van der Waals surface area contributed by atoms with Gasteiger partial charge in [0.2, 0.25) is 5.91 Å². The van der Waals surface area contributed by atoms with Crippen molar-refractivity contribution in [2.45, 2.75) is 13.8 Å². The van der Waals surface area contributed by atoms with Crippen molar-refractivity contribution in [1.82, 2.24) is 0 Å². The van der Waals surface area contributed by atoms with Crippen molar-refractivity contribution in [3.8, 4) is 11.5 Å². The molecule has 3 aromatic carbocycles. The van der Waals surface area contributed by atoms with Gasteiger partial charge in [0.05, 0.1) is 18.5 Å². The van der Waals surface area contributed by atoms with Crippen molar-refractivity contribution in [2.75, 3.05) is 29.7 Å². The zero-order valence-electron chi connectivity index (χ0n) is 18.6. The smallest absolute Gasteiger partial charge is 0.262 e. The average molecular weight is 447 g/mol. The number of carbonyl (C=O) groups excluding carboxylic acids is 3. The highest BCUT2D eigenvalue weighted by molar-refractivity contribution is 6.07. The maximum atomic E-state index is 12.7. The minimum absolute atomic E-state index is 0.188. The third-order valence-corrected chi connectivity index (χ3v) is 4.57. The van der Waals surface area contributed by atoms with Crippen LogP contribution in [0.4, 0.5) is 17.1 Å². The topological polar surface area (TPSA) is 106 Å². The summed E-state index contributed by atoms with van der Waals surface area (Å²) in [5, 5.41) is 8.24. The second-order valence-electron chi connectivity index (χ2n) is 7.28. The van der Waals surface area contributed by atoms with Crippen molar-refractivity contribution in [2.24, 2.45) is 0 Å². The van der Waals surface area contributed by atoms with E-state index in [9.17, 15) is 14.4 Å². The molecule has 3 aromatic rings. The highest BCUT2D eigenvalue weighted by Gasteiger charge is 2.11. The number of ether oxygens (including phenoxy) is 2. The van der Waals surface area contributed by atoms with E-state index in [0.717, 1.165) is 5.56 Å². The highest BCUT2D eigenvalue weighted by atomic mass is 16.5. The molecule has 3 amide bonds. The largest absolute Gasteiger partial charge is 0.497 e. The van der Waals surface area contributed by atoms with Gasteiger partial charge in [0, 0.05) is 24.2 Å². The molecular formula is C25H25N3O5. The summed E-state index contributed by atoms with van der Waals surface area (Å²) in [6.07, 6.45) is 0. The summed E-state index contributed by atoms with van der Waals surface area (Å²) in [7, 11) is 1.55. The molecule has 0 aromatic heterocycles. The molecule has 0 unspecified atom stereocenters. The lowest BCUT2D eigenvalue weighted by molar-refractivity contribution is -0.118. The van der Waals surface area contributed by atoms with Gasteiger partial charge < -0.3 is 25.4 Å². The quantitative estimate of drug-likeness (QED) is 0.479. The van der Waals surface area contributed by atoms with Gasteiger partial charge in [0.1, 0.15) is 11.5 Å². The lowest BCUT2D eigenvalue weighted by atomic mass is 10.1. The van der Waals surface area contributed by atoms with Gasteiger partial charge >= 0.3 is 0 Å².